The van der Waals surface area contributed by atoms with Crippen LogP contribution in [0.25, 0.3) is 12.2 Å². The first-order valence-corrected chi connectivity index (χ1v) is 12.4. The highest BCUT2D eigenvalue weighted by atomic mass is 16.5. The second-order valence-electron chi connectivity index (χ2n) is 8.92. The minimum Gasteiger partial charge on any atom is -0.497 e. The first kappa shape index (κ1) is 28.3. The molecular weight excluding hydrogens is 524 g/mol. The summed E-state index contributed by atoms with van der Waals surface area (Å²) in [6.45, 7) is 1.37. The Kier molecular flexibility index (Phi) is 8.59. The lowest BCUT2D eigenvalue weighted by Gasteiger charge is -2.21. The lowest BCUT2D eigenvalue weighted by atomic mass is 10.1. The van der Waals surface area contributed by atoms with Gasteiger partial charge in [-0.1, -0.05) is 30.4 Å². The van der Waals surface area contributed by atoms with Crippen molar-refractivity contribution in [2.45, 2.75) is 6.92 Å². The summed E-state index contributed by atoms with van der Waals surface area (Å²) in [5.41, 5.74) is 2.88. The van der Waals surface area contributed by atoms with E-state index in [1.807, 2.05) is 30.3 Å². The van der Waals surface area contributed by atoms with Crippen molar-refractivity contribution in [2.24, 2.45) is 0 Å². The number of methoxy groups -OCH3 is 1. The van der Waals surface area contributed by atoms with Gasteiger partial charge in [0.05, 0.1) is 23.9 Å². The van der Waals surface area contributed by atoms with Gasteiger partial charge in [-0.3, -0.25) is 14.5 Å². The summed E-state index contributed by atoms with van der Waals surface area (Å²) >= 11 is 0. The SMILES string of the molecule is COc1ccc(/C=C/c2ccc(NC(=O)c3ccc(N(C(C)=O)c4ccc(C(=O)O)cc4)cc3)c(C(=O)O)c2)cc1. The molecule has 4 aromatic carbocycles. The third-order valence-corrected chi connectivity index (χ3v) is 6.18. The number of amides is 2. The Bertz CT molecular complexity index is 1620. The van der Waals surface area contributed by atoms with E-state index in [1.54, 1.807) is 31.4 Å². The van der Waals surface area contributed by atoms with E-state index in [-0.39, 0.29) is 28.3 Å². The third kappa shape index (κ3) is 6.85. The molecule has 0 spiro atoms. The molecule has 41 heavy (non-hydrogen) atoms. The van der Waals surface area contributed by atoms with E-state index in [0.717, 1.165) is 11.3 Å². The van der Waals surface area contributed by atoms with Gasteiger partial charge in [-0.2, -0.15) is 0 Å². The predicted molar refractivity (Wildman–Crippen MR) is 156 cm³/mol. The van der Waals surface area contributed by atoms with E-state index in [2.05, 4.69) is 5.32 Å². The quantitative estimate of drug-likeness (QED) is 0.211. The van der Waals surface area contributed by atoms with Gasteiger partial charge in [-0.25, -0.2) is 9.59 Å². The normalized spacial score (nSPS) is 10.7. The molecule has 0 saturated carbocycles. The number of carboxylic acid groups (broad SMARTS) is 2. The molecule has 4 rings (SSSR count). The molecule has 0 atom stereocenters. The molecule has 0 fully saturated rings. The zero-order chi connectivity index (χ0) is 29.5. The number of benzene rings is 4. The van der Waals surface area contributed by atoms with E-state index in [9.17, 15) is 24.3 Å². The minimum absolute atomic E-state index is 0.0700. The molecule has 0 aliphatic carbocycles. The molecule has 9 nitrogen and oxygen atoms in total. The van der Waals surface area contributed by atoms with Crippen LogP contribution < -0.4 is 15.0 Å². The van der Waals surface area contributed by atoms with Crippen LogP contribution in [-0.2, 0) is 4.79 Å². The fourth-order valence-corrected chi connectivity index (χ4v) is 4.08. The second kappa shape index (κ2) is 12.4. The van der Waals surface area contributed by atoms with Crippen LogP contribution in [0.3, 0.4) is 0 Å². The zero-order valence-corrected chi connectivity index (χ0v) is 22.2. The summed E-state index contributed by atoms with van der Waals surface area (Å²) in [6, 6.07) is 24.1. The molecule has 2 amide bonds. The van der Waals surface area contributed by atoms with Crippen molar-refractivity contribution < 1.29 is 34.1 Å². The standard InChI is InChI=1S/C32H26N2O7/c1-20(35)34(26-14-10-24(11-15-26)31(37)38)25-12-8-23(9-13-25)30(36)33-29-18-7-22(19-28(29)32(39)40)4-3-21-5-16-27(41-2)17-6-21/h3-19H,1-2H3,(H,33,36)(H,37,38)(H,39,40)/b4-3+. The third-order valence-electron chi connectivity index (χ3n) is 6.18. The molecule has 0 heterocycles. The largest absolute Gasteiger partial charge is 0.497 e. The van der Waals surface area contributed by atoms with Gasteiger partial charge >= 0.3 is 11.9 Å². The molecule has 9 heteroatoms. The molecule has 4 aromatic rings. The number of hydrogen-bond acceptors (Lipinski definition) is 5. The van der Waals surface area contributed by atoms with E-state index < -0.39 is 17.8 Å². The molecule has 3 N–H and O–H groups in total. The van der Waals surface area contributed by atoms with Crippen LogP contribution in [0.5, 0.6) is 5.75 Å². The number of hydrogen-bond donors (Lipinski definition) is 3. The van der Waals surface area contributed by atoms with Crippen molar-refractivity contribution in [1.29, 1.82) is 0 Å². The van der Waals surface area contributed by atoms with E-state index in [4.69, 9.17) is 9.84 Å². The van der Waals surface area contributed by atoms with Crippen LogP contribution in [0.15, 0.2) is 91.0 Å². The van der Waals surface area contributed by atoms with Crippen molar-refractivity contribution in [1.82, 2.24) is 0 Å². The first-order chi connectivity index (χ1) is 19.7. The summed E-state index contributed by atoms with van der Waals surface area (Å²) in [4.78, 5) is 49.8. The molecule has 0 unspecified atom stereocenters. The molecule has 0 aromatic heterocycles. The van der Waals surface area contributed by atoms with Crippen LogP contribution in [-0.4, -0.2) is 41.1 Å². The number of rotatable bonds is 9. The van der Waals surface area contributed by atoms with E-state index >= 15 is 0 Å². The Morgan fingerprint density at radius 3 is 1.76 bits per heavy atom. The summed E-state index contributed by atoms with van der Waals surface area (Å²) in [5, 5.41) is 21.5. The molecule has 0 aliphatic heterocycles. The number of carbonyl (C=O) groups excluding carboxylic acids is 2. The van der Waals surface area contributed by atoms with Crippen LogP contribution in [0.4, 0.5) is 17.1 Å². The zero-order valence-electron chi connectivity index (χ0n) is 22.2. The van der Waals surface area contributed by atoms with Gasteiger partial charge in [-0.15, -0.1) is 0 Å². The summed E-state index contributed by atoms with van der Waals surface area (Å²) in [5.74, 6) is -2.37. The van der Waals surface area contributed by atoms with E-state index in [0.29, 0.717) is 16.9 Å². The van der Waals surface area contributed by atoms with Crippen LogP contribution in [0.1, 0.15) is 49.1 Å². The van der Waals surface area contributed by atoms with Crippen molar-refractivity contribution in [2.75, 3.05) is 17.3 Å². The topological polar surface area (TPSA) is 133 Å². The van der Waals surface area contributed by atoms with Crippen LogP contribution in [0.2, 0.25) is 0 Å². The number of nitrogens with one attached hydrogen (secondary N) is 1. The van der Waals surface area contributed by atoms with Crippen molar-refractivity contribution in [3.05, 3.63) is 119 Å². The number of carboxylic acids is 2. The Labute approximate surface area is 235 Å². The first-order valence-electron chi connectivity index (χ1n) is 12.4. The lowest BCUT2D eigenvalue weighted by Crippen LogP contribution is -2.23. The summed E-state index contributed by atoms with van der Waals surface area (Å²) < 4.78 is 5.15. The molecule has 0 radical (unpaired) electrons. The Hall–Kier alpha value is -5.70. The fraction of sp³-hybridized carbons (Fsp3) is 0.0625. The van der Waals surface area contributed by atoms with Gasteiger partial charge in [0.25, 0.3) is 5.91 Å². The van der Waals surface area contributed by atoms with Gasteiger partial charge < -0.3 is 20.3 Å². The number of aromatic carboxylic acids is 2. The fourth-order valence-electron chi connectivity index (χ4n) is 4.08. The number of carbonyl (C=O) groups is 4. The molecule has 0 bridgehead atoms. The van der Waals surface area contributed by atoms with Crippen LogP contribution in [0, 0.1) is 0 Å². The Morgan fingerprint density at radius 2 is 1.24 bits per heavy atom. The van der Waals surface area contributed by atoms with Gasteiger partial charge in [0, 0.05) is 23.9 Å². The maximum Gasteiger partial charge on any atom is 0.337 e. The average molecular weight is 551 g/mol. The molecular formula is C32H26N2O7. The molecule has 0 aliphatic rings. The monoisotopic (exact) mass is 550 g/mol. The maximum atomic E-state index is 13.0. The van der Waals surface area contributed by atoms with Gasteiger partial charge in [0.15, 0.2) is 0 Å². The predicted octanol–water partition coefficient (Wildman–Crippen LogP) is 6.20. The van der Waals surface area contributed by atoms with Gasteiger partial charge in [-0.05, 0) is 83.9 Å². The van der Waals surface area contributed by atoms with E-state index in [1.165, 1.54) is 60.4 Å². The summed E-state index contributed by atoms with van der Waals surface area (Å²) in [6.07, 6.45) is 3.61. The highest BCUT2D eigenvalue weighted by Crippen LogP contribution is 2.27. The smallest absolute Gasteiger partial charge is 0.337 e. The highest BCUT2D eigenvalue weighted by Gasteiger charge is 2.17. The van der Waals surface area contributed by atoms with Gasteiger partial charge in [0.2, 0.25) is 5.91 Å². The maximum absolute atomic E-state index is 13.0. The highest BCUT2D eigenvalue weighted by molar-refractivity contribution is 6.08. The Balaban J connectivity index is 1.51. The summed E-state index contributed by atoms with van der Waals surface area (Å²) in [7, 11) is 1.59. The average Bonchev–Trinajstić information content (AvgIpc) is 2.97. The van der Waals surface area contributed by atoms with Crippen molar-refractivity contribution >= 4 is 53.0 Å². The number of anilines is 3. The molecule has 206 valence electrons. The number of ether oxygens (including phenoxy) is 1. The van der Waals surface area contributed by atoms with Gasteiger partial charge in [0.1, 0.15) is 5.75 Å². The lowest BCUT2D eigenvalue weighted by molar-refractivity contribution is -0.115. The van der Waals surface area contributed by atoms with Crippen molar-refractivity contribution in [3.8, 4) is 5.75 Å². The van der Waals surface area contributed by atoms with Crippen LogP contribution >= 0.6 is 0 Å². The minimum atomic E-state index is -1.19. The second-order valence-corrected chi connectivity index (χ2v) is 8.92. The molecule has 0 saturated heterocycles. The Morgan fingerprint density at radius 1 is 0.707 bits per heavy atom. The van der Waals surface area contributed by atoms with Crippen molar-refractivity contribution in [3.63, 3.8) is 0 Å². The number of nitrogens with zero attached hydrogens (tertiary/aromatic N) is 1.